The maximum absolute atomic E-state index is 10.2. The van der Waals surface area contributed by atoms with Crippen LogP contribution in [0.1, 0.15) is 120 Å². The molecule has 11 heteroatoms. The van der Waals surface area contributed by atoms with Crippen LogP contribution in [0.2, 0.25) is 0 Å². The Kier molecular flexibility index (Phi) is 21.7. The van der Waals surface area contributed by atoms with Crippen LogP contribution in [0.25, 0.3) is 0 Å². The van der Waals surface area contributed by atoms with E-state index in [1.54, 1.807) is 24.3 Å². The summed E-state index contributed by atoms with van der Waals surface area (Å²) in [6.45, 7) is 6.20. The van der Waals surface area contributed by atoms with Gasteiger partial charge in [0.15, 0.2) is 31.5 Å². The topological polar surface area (TPSA) is 173 Å². The monoisotopic (exact) mass is 665 g/mol. The molecule has 0 spiro atoms. The number of unbranched alkanes of at least 4 members (excludes halogenated alkanes) is 4. The summed E-state index contributed by atoms with van der Waals surface area (Å²) in [5, 5.41) is 50.3. The summed E-state index contributed by atoms with van der Waals surface area (Å²) in [4.78, 5) is 0. The first kappa shape index (κ1) is 41.0. The van der Waals surface area contributed by atoms with Crippen molar-refractivity contribution < 1.29 is 49.2 Å². The molecule has 0 amide bonds. The van der Waals surface area contributed by atoms with Crippen LogP contribution in [0, 0.1) is 0 Å². The van der Waals surface area contributed by atoms with Gasteiger partial charge in [-0.15, -0.1) is 0 Å². The van der Waals surface area contributed by atoms with Crippen LogP contribution in [0.3, 0.4) is 0 Å². The van der Waals surface area contributed by atoms with Gasteiger partial charge in [-0.3, -0.25) is 0 Å². The molecule has 2 aromatic carbocycles. The van der Waals surface area contributed by atoms with Gasteiger partial charge in [-0.2, -0.15) is 0 Å². The number of hydrogen-bond acceptors (Lipinski definition) is 11. The third-order valence-corrected chi connectivity index (χ3v) is 7.67. The molecule has 0 aromatic heterocycles. The van der Waals surface area contributed by atoms with E-state index in [1.807, 2.05) is 24.3 Å². The maximum atomic E-state index is 10.2. The number of nitrogen functional groups attached to an aromatic ring is 1. The summed E-state index contributed by atoms with van der Waals surface area (Å²) in [6, 6.07) is 14.6. The van der Waals surface area contributed by atoms with Crippen molar-refractivity contribution in [1.82, 2.24) is 0 Å². The molecule has 2 rings (SSSR count). The first-order valence-corrected chi connectivity index (χ1v) is 17.1. The second-order valence-corrected chi connectivity index (χ2v) is 12.1. The van der Waals surface area contributed by atoms with Crippen molar-refractivity contribution in [2.75, 3.05) is 38.8 Å². The van der Waals surface area contributed by atoms with Crippen molar-refractivity contribution in [3.63, 3.8) is 0 Å². The standard InChI is InChI=1S/C36H59NO10/c1-27(2)28-14-16-29(17-15-28)35(41)46-25-8-5-13-33(39)44-23-6-3-11-32(38)43-22-7-4-12-34(40)45-24-9-10-26-47-36(42)30-18-20-31(37)21-19-30/h14-21,27,32-36,38-42H,3-13,22-26,37H2,1-2H3/t32-,33-,34-,35+,36-/m1/s1. The van der Waals surface area contributed by atoms with Crippen molar-refractivity contribution in [3.8, 4) is 0 Å². The van der Waals surface area contributed by atoms with E-state index in [2.05, 4.69) is 13.8 Å². The molecule has 0 radical (unpaired) electrons. The predicted octanol–water partition coefficient (Wildman–Crippen LogP) is 5.40. The van der Waals surface area contributed by atoms with Gasteiger partial charge in [-0.1, -0.05) is 50.2 Å². The molecular formula is C36H59NO10. The van der Waals surface area contributed by atoms with Crippen LogP contribution in [-0.2, 0) is 23.7 Å². The smallest absolute Gasteiger partial charge is 0.181 e. The molecule has 0 aliphatic rings. The second kappa shape index (κ2) is 24.9. The largest absolute Gasteiger partial charge is 0.399 e. The number of ether oxygens (including phenoxy) is 5. The van der Waals surface area contributed by atoms with Gasteiger partial charge in [0.2, 0.25) is 0 Å². The van der Waals surface area contributed by atoms with Gasteiger partial charge in [0, 0.05) is 36.6 Å². The molecule has 0 aliphatic heterocycles. The third-order valence-electron chi connectivity index (χ3n) is 7.67. The third kappa shape index (κ3) is 19.4. The number of nitrogens with two attached hydrogens (primary N) is 1. The fraction of sp³-hybridized carbons (Fsp3) is 0.667. The summed E-state index contributed by atoms with van der Waals surface area (Å²) in [5.74, 6) is 0.437. The lowest BCUT2D eigenvalue weighted by Gasteiger charge is -2.15. The minimum Gasteiger partial charge on any atom is -0.399 e. The van der Waals surface area contributed by atoms with Crippen molar-refractivity contribution >= 4 is 5.69 Å². The average Bonchev–Trinajstić information content (AvgIpc) is 3.06. The van der Waals surface area contributed by atoms with E-state index in [0.717, 1.165) is 5.56 Å². The van der Waals surface area contributed by atoms with E-state index in [0.29, 0.717) is 121 Å². The molecule has 0 heterocycles. The van der Waals surface area contributed by atoms with Gasteiger partial charge in [0.1, 0.15) is 0 Å². The van der Waals surface area contributed by atoms with Crippen LogP contribution in [0.15, 0.2) is 48.5 Å². The van der Waals surface area contributed by atoms with Crippen LogP contribution < -0.4 is 5.73 Å². The lowest BCUT2D eigenvalue weighted by molar-refractivity contribution is -0.120. The Labute approximate surface area is 280 Å². The Hall–Kier alpha value is -2.16. The zero-order valence-corrected chi connectivity index (χ0v) is 28.3. The Balaban J connectivity index is 1.34. The lowest BCUT2D eigenvalue weighted by Crippen LogP contribution is -2.16. The number of anilines is 1. The lowest BCUT2D eigenvalue weighted by atomic mass is 10.0. The van der Waals surface area contributed by atoms with Gasteiger partial charge >= 0.3 is 0 Å². The van der Waals surface area contributed by atoms with E-state index in [9.17, 15) is 25.5 Å². The van der Waals surface area contributed by atoms with E-state index in [-0.39, 0.29) is 0 Å². The molecular weight excluding hydrogens is 606 g/mol. The zero-order chi connectivity index (χ0) is 34.3. The minimum atomic E-state index is -0.995. The number of aliphatic hydroxyl groups excluding tert-OH is 5. The van der Waals surface area contributed by atoms with Gasteiger partial charge in [0.05, 0.1) is 13.2 Å². The van der Waals surface area contributed by atoms with Gasteiger partial charge < -0.3 is 55.0 Å². The van der Waals surface area contributed by atoms with E-state index in [4.69, 9.17) is 29.4 Å². The van der Waals surface area contributed by atoms with E-state index < -0.39 is 31.5 Å². The Morgan fingerprint density at radius 3 is 1.11 bits per heavy atom. The quantitative estimate of drug-likeness (QED) is 0.0390. The molecule has 11 nitrogen and oxygen atoms in total. The molecule has 268 valence electrons. The molecule has 0 bridgehead atoms. The zero-order valence-electron chi connectivity index (χ0n) is 28.3. The Morgan fingerprint density at radius 2 is 0.745 bits per heavy atom. The van der Waals surface area contributed by atoms with E-state index >= 15 is 0 Å². The predicted molar refractivity (Wildman–Crippen MR) is 180 cm³/mol. The SMILES string of the molecule is CC(C)c1ccc([C@@H](O)OCCCC[C@H](O)OCCCC[C@H](O)OCCCC[C@H](O)OCCCCO[C@@H](O)c2ccc(N)cc2)cc1. The summed E-state index contributed by atoms with van der Waals surface area (Å²) >= 11 is 0. The van der Waals surface area contributed by atoms with Crippen LogP contribution in [0.4, 0.5) is 5.69 Å². The Morgan fingerprint density at radius 1 is 0.447 bits per heavy atom. The summed E-state index contributed by atoms with van der Waals surface area (Å²) in [5.41, 5.74) is 8.86. The molecule has 0 saturated heterocycles. The highest BCUT2D eigenvalue weighted by atomic mass is 16.6. The number of aliphatic hydroxyl groups is 5. The first-order chi connectivity index (χ1) is 22.7. The number of rotatable bonds is 28. The molecule has 0 saturated carbocycles. The van der Waals surface area contributed by atoms with Gasteiger partial charge in [-0.25, -0.2) is 0 Å². The van der Waals surface area contributed by atoms with Crippen molar-refractivity contribution in [3.05, 3.63) is 65.2 Å². The highest BCUT2D eigenvalue weighted by Gasteiger charge is 2.11. The Bertz CT molecular complexity index is 1020. The highest BCUT2D eigenvalue weighted by Crippen LogP contribution is 2.20. The van der Waals surface area contributed by atoms with Gasteiger partial charge in [0.25, 0.3) is 0 Å². The molecule has 47 heavy (non-hydrogen) atoms. The molecule has 0 aliphatic carbocycles. The minimum absolute atomic E-state index is 0.374. The molecule has 2 aromatic rings. The summed E-state index contributed by atoms with van der Waals surface area (Å²) < 4.78 is 27.2. The number of hydrogen-bond donors (Lipinski definition) is 6. The van der Waals surface area contributed by atoms with Crippen LogP contribution in [0.5, 0.6) is 0 Å². The van der Waals surface area contributed by atoms with Gasteiger partial charge in [-0.05, 0) is 94.2 Å². The summed E-state index contributed by atoms with van der Waals surface area (Å²) in [6.07, 6.45) is 2.53. The van der Waals surface area contributed by atoms with Crippen molar-refractivity contribution in [2.45, 2.75) is 122 Å². The summed E-state index contributed by atoms with van der Waals surface area (Å²) in [7, 11) is 0. The van der Waals surface area contributed by atoms with Crippen molar-refractivity contribution in [2.24, 2.45) is 0 Å². The van der Waals surface area contributed by atoms with Crippen LogP contribution >= 0.6 is 0 Å². The second-order valence-electron chi connectivity index (χ2n) is 12.1. The fourth-order valence-corrected chi connectivity index (χ4v) is 4.66. The molecule has 0 unspecified atom stereocenters. The first-order valence-electron chi connectivity index (χ1n) is 17.1. The molecule has 0 fully saturated rings. The normalized spacial score (nSPS) is 15.1. The molecule has 7 N–H and O–H groups in total. The average molecular weight is 666 g/mol. The van der Waals surface area contributed by atoms with E-state index in [1.165, 1.54) is 5.56 Å². The number of benzene rings is 2. The fourth-order valence-electron chi connectivity index (χ4n) is 4.66. The molecule has 5 atom stereocenters. The van der Waals surface area contributed by atoms with Crippen LogP contribution in [-0.4, -0.2) is 77.4 Å². The van der Waals surface area contributed by atoms with Crippen molar-refractivity contribution in [1.29, 1.82) is 0 Å². The maximum Gasteiger partial charge on any atom is 0.181 e. The highest BCUT2D eigenvalue weighted by molar-refractivity contribution is 5.39.